The number of benzene rings is 1. The van der Waals surface area contributed by atoms with Crippen LogP contribution < -0.4 is 21.7 Å². The zero-order chi connectivity index (χ0) is 15.4. The second kappa shape index (κ2) is 6.58. The number of nitrogens with one attached hydrogen (secondary N) is 2. The van der Waals surface area contributed by atoms with Crippen molar-refractivity contribution in [2.45, 2.75) is 13.8 Å². The number of carbonyl (C=O) groups is 1. The number of hydrogen-bond donors (Lipinski definition) is 4. The smallest absolute Gasteiger partial charge is 0.322 e. The second-order valence-electron chi connectivity index (χ2n) is 5.63. The van der Waals surface area contributed by atoms with Crippen LogP contribution in [0.1, 0.15) is 11.1 Å². The predicted octanol–water partition coefficient (Wildman–Crippen LogP) is -1.57. The van der Waals surface area contributed by atoms with Gasteiger partial charge in [0.25, 0.3) is 5.91 Å². The van der Waals surface area contributed by atoms with E-state index in [1.54, 1.807) is 0 Å². The van der Waals surface area contributed by atoms with E-state index in [0.29, 0.717) is 12.5 Å². The third-order valence-corrected chi connectivity index (χ3v) is 4.12. The van der Waals surface area contributed by atoms with Crippen LogP contribution in [0.3, 0.4) is 0 Å². The normalized spacial score (nSPS) is 18.4. The first-order valence-corrected chi connectivity index (χ1v) is 7.30. The van der Waals surface area contributed by atoms with Gasteiger partial charge >= 0.3 is 5.96 Å². The molecule has 0 aliphatic carbocycles. The molecule has 2 rings (SSSR count). The molecule has 6 nitrogen and oxygen atoms in total. The molecule has 1 aliphatic heterocycles. The molecule has 6 N–H and O–H groups in total. The van der Waals surface area contributed by atoms with Crippen LogP contribution in [0.4, 0.5) is 5.69 Å². The van der Waals surface area contributed by atoms with Crippen molar-refractivity contribution < 1.29 is 14.3 Å². The lowest BCUT2D eigenvalue weighted by atomic mass is 10.1. The molecule has 1 aromatic rings. The molecule has 1 heterocycles. The van der Waals surface area contributed by atoms with Gasteiger partial charge in [0.1, 0.15) is 26.2 Å². The fraction of sp³-hybridized carbons (Fsp3) is 0.467. The SMILES string of the molecule is Cc1cccc(NC(=O)C[NH+]2CC[N+](=C(N)N)CC2)c1C. The molecule has 1 aliphatic rings. The predicted molar refractivity (Wildman–Crippen MR) is 83.5 cm³/mol. The van der Waals surface area contributed by atoms with Gasteiger partial charge in [-0.25, -0.2) is 0 Å². The maximum Gasteiger partial charge on any atom is 0.341 e. The highest BCUT2D eigenvalue weighted by molar-refractivity contribution is 5.92. The maximum atomic E-state index is 12.2. The van der Waals surface area contributed by atoms with Crippen molar-refractivity contribution in [3.05, 3.63) is 29.3 Å². The minimum atomic E-state index is 0.0526. The zero-order valence-electron chi connectivity index (χ0n) is 12.8. The fourth-order valence-corrected chi connectivity index (χ4v) is 2.57. The minimum Gasteiger partial charge on any atom is -0.322 e. The molecule has 0 spiro atoms. The fourth-order valence-electron chi connectivity index (χ4n) is 2.57. The lowest BCUT2D eigenvalue weighted by Crippen LogP contribution is -3.15. The molecule has 1 aromatic carbocycles. The topological polar surface area (TPSA) is 88.6 Å². The number of piperazine rings is 1. The molecule has 0 atom stereocenters. The number of nitrogens with zero attached hydrogens (tertiary/aromatic N) is 1. The average Bonchev–Trinajstić information content (AvgIpc) is 2.44. The van der Waals surface area contributed by atoms with Crippen molar-refractivity contribution in [3.8, 4) is 0 Å². The Morgan fingerprint density at radius 2 is 1.95 bits per heavy atom. The molecular formula is C15H25N5O+2. The van der Waals surface area contributed by atoms with Crippen molar-refractivity contribution >= 4 is 17.6 Å². The van der Waals surface area contributed by atoms with Gasteiger partial charge in [-0.3, -0.25) is 20.8 Å². The van der Waals surface area contributed by atoms with Crippen LogP contribution >= 0.6 is 0 Å². The van der Waals surface area contributed by atoms with Gasteiger partial charge in [0.15, 0.2) is 6.54 Å². The molecule has 0 bridgehead atoms. The number of carbonyl (C=O) groups excluding carboxylic acids is 1. The Morgan fingerprint density at radius 3 is 2.57 bits per heavy atom. The highest BCUT2D eigenvalue weighted by atomic mass is 16.2. The van der Waals surface area contributed by atoms with Gasteiger partial charge in [0, 0.05) is 5.69 Å². The third-order valence-electron chi connectivity index (χ3n) is 4.12. The molecule has 0 radical (unpaired) electrons. The van der Waals surface area contributed by atoms with Crippen molar-refractivity contribution in [1.29, 1.82) is 0 Å². The van der Waals surface area contributed by atoms with Crippen LogP contribution in [0.5, 0.6) is 0 Å². The van der Waals surface area contributed by atoms with E-state index in [9.17, 15) is 4.79 Å². The molecule has 6 heteroatoms. The number of amides is 1. The van der Waals surface area contributed by atoms with Crippen LogP contribution in [0.15, 0.2) is 18.2 Å². The lowest BCUT2D eigenvalue weighted by Gasteiger charge is -2.24. The molecule has 0 saturated carbocycles. The van der Waals surface area contributed by atoms with Gasteiger partial charge in [-0.1, -0.05) is 12.1 Å². The van der Waals surface area contributed by atoms with Gasteiger partial charge in [-0.05, 0) is 31.0 Å². The Bertz CT molecular complexity index is 553. The summed E-state index contributed by atoms with van der Waals surface area (Å²) in [5.74, 6) is 0.422. The van der Waals surface area contributed by atoms with E-state index in [1.165, 1.54) is 10.5 Å². The average molecular weight is 291 g/mol. The number of quaternary nitrogens is 1. The van der Waals surface area contributed by atoms with Crippen molar-refractivity contribution in [1.82, 2.24) is 0 Å². The van der Waals surface area contributed by atoms with Gasteiger partial charge < -0.3 is 10.2 Å². The van der Waals surface area contributed by atoms with E-state index in [-0.39, 0.29) is 5.91 Å². The molecule has 0 aromatic heterocycles. The summed E-state index contributed by atoms with van der Waals surface area (Å²) in [5, 5.41) is 3.00. The Kier molecular flexibility index (Phi) is 4.80. The summed E-state index contributed by atoms with van der Waals surface area (Å²) < 4.78 is 1.95. The van der Waals surface area contributed by atoms with E-state index in [4.69, 9.17) is 11.5 Å². The van der Waals surface area contributed by atoms with Crippen LogP contribution in [-0.2, 0) is 4.79 Å². The quantitative estimate of drug-likeness (QED) is 0.401. The summed E-state index contributed by atoms with van der Waals surface area (Å²) in [6, 6.07) is 5.95. The molecular weight excluding hydrogens is 266 g/mol. The zero-order valence-corrected chi connectivity index (χ0v) is 12.8. The highest BCUT2D eigenvalue weighted by Gasteiger charge is 2.22. The summed E-state index contributed by atoms with van der Waals surface area (Å²) in [5.41, 5.74) is 14.4. The van der Waals surface area contributed by atoms with Crippen LogP contribution in [0, 0.1) is 13.8 Å². The van der Waals surface area contributed by atoms with Crippen molar-refractivity contribution in [2.75, 3.05) is 38.0 Å². The van der Waals surface area contributed by atoms with E-state index >= 15 is 0 Å². The summed E-state index contributed by atoms with van der Waals surface area (Å²) in [6.07, 6.45) is 0. The first kappa shape index (κ1) is 15.3. The highest BCUT2D eigenvalue weighted by Crippen LogP contribution is 2.17. The van der Waals surface area contributed by atoms with Crippen molar-refractivity contribution in [3.63, 3.8) is 0 Å². The minimum absolute atomic E-state index is 0.0526. The largest absolute Gasteiger partial charge is 0.341 e. The first-order valence-electron chi connectivity index (χ1n) is 7.30. The lowest BCUT2D eigenvalue weighted by molar-refractivity contribution is -0.924. The summed E-state index contributed by atoms with van der Waals surface area (Å²) >= 11 is 0. The van der Waals surface area contributed by atoms with Gasteiger partial charge in [0.05, 0.1) is 0 Å². The first-order chi connectivity index (χ1) is 9.97. The Morgan fingerprint density at radius 1 is 1.29 bits per heavy atom. The van der Waals surface area contributed by atoms with E-state index in [2.05, 4.69) is 5.32 Å². The molecule has 21 heavy (non-hydrogen) atoms. The molecule has 1 fully saturated rings. The standard InChI is InChI=1S/C15H23N5O/c1-11-4-3-5-13(12(11)2)18-14(21)10-19-6-8-20(9-7-19)15(16)17/h3-5H,6-10H2,1-2H3,(H4,16,17,18,21)/p+2. The van der Waals surface area contributed by atoms with E-state index in [0.717, 1.165) is 37.4 Å². The van der Waals surface area contributed by atoms with Gasteiger partial charge in [-0.15, -0.1) is 0 Å². The van der Waals surface area contributed by atoms with E-state index in [1.807, 2.05) is 36.6 Å². The Labute approximate surface area is 125 Å². The number of anilines is 1. The summed E-state index contributed by atoms with van der Waals surface area (Å²) in [7, 11) is 0. The Balaban J connectivity index is 1.89. The monoisotopic (exact) mass is 291 g/mol. The number of rotatable bonds is 3. The Hall–Kier alpha value is -2.08. The van der Waals surface area contributed by atoms with Crippen molar-refractivity contribution in [2.24, 2.45) is 11.5 Å². The number of hydrogen-bond acceptors (Lipinski definition) is 1. The van der Waals surface area contributed by atoms with E-state index < -0.39 is 0 Å². The molecule has 0 unspecified atom stereocenters. The molecule has 1 amide bonds. The summed E-state index contributed by atoms with van der Waals surface area (Å²) in [4.78, 5) is 13.4. The van der Waals surface area contributed by atoms with Gasteiger partial charge in [0.2, 0.25) is 0 Å². The third kappa shape index (κ3) is 3.95. The number of guanidine groups is 1. The maximum absolute atomic E-state index is 12.2. The molecule has 1 saturated heterocycles. The van der Waals surface area contributed by atoms with Crippen LogP contribution in [0.25, 0.3) is 0 Å². The van der Waals surface area contributed by atoms with Gasteiger partial charge in [-0.2, -0.15) is 0 Å². The summed E-state index contributed by atoms with van der Waals surface area (Å²) in [6.45, 7) is 7.89. The number of aryl methyl sites for hydroxylation is 1. The molecule has 114 valence electrons. The number of nitrogens with two attached hydrogens (primary N) is 2. The second-order valence-corrected chi connectivity index (χ2v) is 5.63. The van der Waals surface area contributed by atoms with Crippen LogP contribution in [0.2, 0.25) is 0 Å². The van der Waals surface area contributed by atoms with Crippen LogP contribution in [-0.4, -0.2) is 49.2 Å².